The molecule has 1 unspecified atom stereocenters. The number of rotatable bonds is 3. The molecule has 1 aromatic carbocycles. The summed E-state index contributed by atoms with van der Waals surface area (Å²) in [6.45, 7) is 7.98. The van der Waals surface area contributed by atoms with E-state index in [0.29, 0.717) is 36.0 Å². The summed E-state index contributed by atoms with van der Waals surface area (Å²) in [6, 6.07) is 4.76. The van der Waals surface area contributed by atoms with Crippen molar-refractivity contribution in [2.75, 3.05) is 26.7 Å². The summed E-state index contributed by atoms with van der Waals surface area (Å²) in [5.41, 5.74) is 1.01. The van der Waals surface area contributed by atoms with Crippen LogP contribution in [0.1, 0.15) is 59.9 Å². The maximum atomic E-state index is 13.8. The van der Waals surface area contributed by atoms with Gasteiger partial charge in [-0.05, 0) is 38.1 Å². The molecular formula is C20H25FN4O2. The number of halogens is 1. The molecule has 0 bridgehead atoms. The number of aryl methyl sites for hydroxylation is 1. The third-order valence-corrected chi connectivity index (χ3v) is 5.74. The quantitative estimate of drug-likeness (QED) is 0.828. The van der Waals surface area contributed by atoms with Crippen LogP contribution >= 0.6 is 0 Å². The lowest BCUT2D eigenvalue weighted by atomic mass is 9.77. The molecule has 2 aliphatic rings. The molecule has 2 aliphatic heterocycles. The molecule has 2 aromatic rings. The Bertz CT molecular complexity index is 873. The van der Waals surface area contributed by atoms with Crippen LogP contribution in [0.15, 0.2) is 22.6 Å². The Morgan fingerprint density at radius 1 is 1.30 bits per heavy atom. The Labute approximate surface area is 158 Å². The fourth-order valence-corrected chi connectivity index (χ4v) is 4.20. The van der Waals surface area contributed by atoms with Gasteiger partial charge in [0.15, 0.2) is 0 Å². The lowest BCUT2D eigenvalue weighted by Gasteiger charge is -2.48. The fraction of sp³-hybridized carbons (Fsp3) is 0.550. The second-order valence-electron chi connectivity index (χ2n) is 8.39. The zero-order valence-corrected chi connectivity index (χ0v) is 16.2. The van der Waals surface area contributed by atoms with Crippen LogP contribution in [0.4, 0.5) is 4.39 Å². The number of likely N-dealkylation sites (tertiary alicyclic amines) is 2. The summed E-state index contributed by atoms with van der Waals surface area (Å²) in [7, 11) is 2.05. The van der Waals surface area contributed by atoms with Gasteiger partial charge in [0.25, 0.3) is 5.91 Å². The van der Waals surface area contributed by atoms with Gasteiger partial charge in [-0.1, -0.05) is 19.9 Å². The highest BCUT2D eigenvalue weighted by Gasteiger charge is 2.53. The minimum atomic E-state index is -0.339. The van der Waals surface area contributed by atoms with Gasteiger partial charge in [0.1, 0.15) is 5.82 Å². The van der Waals surface area contributed by atoms with Gasteiger partial charge >= 0.3 is 0 Å². The average Bonchev–Trinajstić information content (AvgIpc) is 3.20. The third-order valence-electron chi connectivity index (χ3n) is 5.74. The number of benzene rings is 1. The monoisotopic (exact) mass is 372 g/mol. The molecule has 27 heavy (non-hydrogen) atoms. The van der Waals surface area contributed by atoms with Crippen molar-refractivity contribution >= 4 is 5.91 Å². The second kappa shape index (κ2) is 6.41. The summed E-state index contributed by atoms with van der Waals surface area (Å²) >= 11 is 0. The number of nitrogens with zero attached hydrogens (tertiary/aromatic N) is 4. The zero-order valence-electron chi connectivity index (χ0n) is 16.2. The van der Waals surface area contributed by atoms with E-state index < -0.39 is 0 Å². The Hall–Kier alpha value is -2.28. The van der Waals surface area contributed by atoms with Crippen LogP contribution < -0.4 is 0 Å². The zero-order chi connectivity index (χ0) is 19.3. The molecule has 7 heteroatoms. The Balaban J connectivity index is 1.43. The Morgan fingerprint density at radius 2 is 2.04 bits per heavy atom. The molecule has 0 N–H and O–H groups in total. The molecule has 2 saturated heterocycles. The molecular weight excluding hydrogens is 347 g/mol. The van der Waals surface area contributed by atoms with Crippen molar-refractivity contribution in [1.82, 2.24) is 20.0 Å². The van der Waals surface area contributed by atoms with E-state index >= 15 is 0 Å². The highest BCUT2D eigenvalue weighted by molar-refractivity contribution is 5.95. The Kier molecular flexibility index (Phi) is 4.29. The molecule has 1 amide bonds. The number of amides is 1. The van der Waals surface area contributed by atoms with E-state index in [1.165, 1.54) is 6.07 Å². The molecule has 1 aromatic heterocycles. The lowest BCUT2D eigenvalue weighted by Crippen LogP contribution is -2.59. The van der Waals surface area contributed by atoms with Crippen LogP contribution in [0.25, 0.3) is 0 Å². The molecule has 0 radical (unpaired) electrons. The van der Waals surface area contributed by atoms with Gasteiger partial charge in [-0.2, -0.15) is 0 Å². The molecule has 144 valence electrons. The smallest absolute Gasteiger partial charge is 0.253 e. The largest absolute Gasteiger partial charge is 0.423 e. The van der Waals surface area contributed by atoms with Crippen LogP contribution in [0.3, 0.4) is 0 Å². The maximum Gasteiger partial charge on any atom is 0.253 e. The molecule has 2 fully saturated rings. The van der Waals surface area contributed by atoms with Crippen molar-refractivity contribution in [2.24, 2.45) is 5.41 Å². The maximum absolute atomic E-state index is 13.8. The van der Waals surface area contributed by atoms with Gasteiger partial charge in [0.05, 0.1) is 6.04 Å². The van der Waals surface area contributed by atoms with Gasteiger partial charge in [0, 0.05) is 36.5 Å². The van der Waals surface area contributed by atoms with Crippen molar-refractivity contribution < 1.29 is 13.6 Å². The number of carbonyl (C=O) groups is 1. The molecule has 1 spiro atoms. The number of aromatic nitrogens is 2. The molecule has 3 heterocycles. The highest BCUT2D eigenvalue weighted by Crippen LogP contribution is 2.47. The second-order valence-corrected chi connectivity index (χ2v) is 8.39. The molecule has 1 atom stereocenters. The first kappa shape index (κ1) is 18.1. The Morgan fingerprint density at radius 3 is 2.67 bits per heavy atom. The summed E-state index contributed by atoms with van der Waals surface area (Å²) in [4.78, 5) is 16.7. The van der Waals surface area contributed by atoms with E-state index in [1.807, 2.05) is 13.8 Å². The van der Waals surface area contributed by atoms with Crippen LogP contribution in [0.5, 0.6) is 0 Å². The van der Waals surface area contributed by atoms with Crippen LogP contribution in [0.2, 0.25) is 0 Å². The normalized spacial score (nSPS) is 21.9. The highest BCUT2D eigenvalue weighted by atomic mass is 19.1. The molecule has 0 saturated carbocycles. The number of carbonyl (C=O) groups excluding carboxylic acids is 1. The molecule has 6 nitrogen and oxygen atoms in total. The first-order valence-corrected chi connectivity index (χ1v) is 9.37. The van der Waals surface area contributed by atoms with E-state index in [4.69, 9.17) is 4.42 Å². The topological polar surface area (TPSA) is 62.5 Å². The minimum Gasteiger partial charge on any atom is -0.423 e. The summed E-state index contributed by atoms with van der Waals surface area (Å²) in [6.07, 6.45) is 0.884. The van der Waals surface area contributed by atoms with Crippen LogP contribution in [-0.2, 0) is 0 Å². The van der Waals surface area contributed by atoms with Crippen molar-refractivity contribution in [3.63, 3.8) is 0 Å². The van der Waals surface area contributed by atoms with E-state index in [9.17, 15) is 9.18 Å². The van der Waals surface area contributed by atoms with E-state index in [0.717, 1.165) is 13.0 Å². The van der Waals surface area contributed by atoms with E-state index in [2.05, 4.69) is 22.1 Å². The SMILES string of the molecule is Cc1ccc(C(=O)N2CC3(CC(c4nnc(C(C)C)o4)N(C)C3)C2)cc1F. The van der Waals surface area contributed by atoms with Crippen LogP contribution in [0, 0.1) is 18.2 Å². The molecule has 0 aliphatic carbocycles. The third kappa shape index (κ3) is 3.14. The van der Waals surface area contributed by atoms with Gasteiger partial charge < -0.3 is 9.32 Å². The van der Waals surface area contributed by atoms with Crippen molar-refractivity contribution in [2.45, 2.75) is 39.2 Å². The number of hydrogen-bond acceptors (Lipinski definition) is 5. The van der Waals surface area contributed by atoms with E-state index in [1.54, 1.807) is 24.0 Å². The van der Waals surface area contributed by atoms with Crippen molar-refractivity contribution in [3.8, 4) is 0 Å². The van der Waals surface area contributed by atoms with E-state index in [-0.39, 0.29) is 29.1 Å². The predicted octanol–water partition coefficient (Wildman–Crippen LogP) is 3.16. The van der Waals surface area contributed by atoms with Gasteiger partial charge in [0.2, 0.25) is 11.8 Å². The summed E-state index contributed by atoms with van der Waals surface area (Å²) in [5.74, 6) is 1.08. The first-order valence-electron chi connectivity index (χ1n) is 9.37. The van der Waals surface area contributed by atoms with Crippen molar-refractivity contribution in [3.05, 3.63) is 46.9 Å². The standard InChI is InChI=1S/C20H25FN4O2/c1-12(2)17-22-23-18(27-17)16-8-20(9-24(16)4)10-25(11-20)19(26)14-6-5-13(3)15(21)7-14/h5-7,12,16H,8-11H2,1-4H3. The summed E-state index contributed by atoms with van der Waals surface area (Å²) in [5, 5.41) is 8.37. The van der Waals surface area contributed by atoms with Gasteiger partial charge in [-0.3, -0.25) is 9.69 Å². The van der Waals surface area contributed by atoms with Crippen molar-refractivity contribution in [1.29, 1.82) is 0 Å². The van der Waals surface area contributed by atoms with Gasteiger partial charge in [-0.15, -0.1) is 10.2 Å². The van der Waals surface area contributed by atoms with Gasteiger partial charge in [-0.25, -0.2) is 4.39 Å². The average molecular weight is 372 g/mol. The van der Waals surface area contributed by atoms with Crippen LogP contribution in [-0.4, -0.2) is 52.6 Å². The number of hydrogen-bond donors (Lipinski definition) is 0. The first-order chi connectivity index (χ1) is 12.8. The lowest BCUT2D eigenvalue weighted by molar-refractivity contribution is 0.0114. The summed E-state index contributed by atoms with van der Waals surface area (Å²) < 4.78 is 19.6. The predicted molar refractivity (Wildman–Crippen MR) is 97.8 cm³/mol. The minimum absolute atomic E-state index is 0.0464. The molecule has 4 rings (SSSR count). The fourth-order valence-electron chi connectivity index (χ4n) is 4.20.